The smallest absolute Gasteiger partial charge is 0.366 e. The van der Waals surface area contributed by atoms with Crippen molar-refractivity contribution in [1.29, 1.82) is 0 Å². The molecule has 172 valence electrons. The molecule has 0 atom stereocenters. The number of primary amides is 1. The molecule has 3 aromatic rings. The van der Waals surface area contributed by atoms with Gasteiger partial charge >= 0.3 is 6.18 Å². The maximum absolute atomic E-state index is 13.0. The summed E-state index contributed by atoms with van der Waals surface area (Å²) >= 11 is 0. The van der Waals surface area contributed by atoms with Crippen LogP contribution in [0.25, 0.3) is 5.69 Å². The van der Waals surface area contributed by atoms with E-state index in [-0.39, 0.29) is 29.2 Å². The molecular weight excluding hydrogens is 437 g/mol. The van der Waals surface area contributed by atoms with Gasteiger partial charge in [-0.25, -0.2) is 4.68 Å². The van der Waals surface area contributed by atoms with Gasteiger partial charge in [-0.3, -0.25) is 14.4 Å². The van der Waals surface area contributed by atoms with Crippen LogP contribution in [0.15, 0.2) is 48.5 Å². The van der Waals surface area contributed by atoms with Crippen LogP contribution in [-0.4, -0.2) is 33.9 Å². The maximum Gasteiger partial charge on any atom is 0.416 e. The van der Waals surface area contributed by atoms with Gasteiger partial charge in [-0.05, 0) is 56.2 Å². The molecule has 7 nitrogen and oxygen atoms in total. The van der Waals surface area contributed by atoms with Gasteiger partial charge in [0.15, 0.2) is 0 Å². The number of hydrogen-bond donors (Lipinski definition) is 2. The van der Waals surface area contributed by atoms with Crippen LogP contribution >= 0.6 is 0 Å². The van der Waals surface area contributed by atoms with Gasteiger partial charge in [-0.2, -0.15) is 18.3 Å². The molecule has 33 heavy (non-hydrogen) atoms. The molecule has 0 radical (unpaired) electrons. The first-order valence-electron chi connectivity index (χ1n) is 9.94. The number of alkyl halides is 3. The summed E-state index contributed by atoms with van der Waals surface area (Å²) in [6.07, 6.45) is -4.16. The molecule has 1 heterocycles. The lowest BCUT2D eigenvalue weighted by molar-refractivity contribution is -0.137. The number of hydrogen-bond acceptors (Lipinski definition) is 4. The Labute approximate surface area is 187 Å². The van der Waals surface area contributed by atoms with E-state index in [1.807, 2.05) is 0 Å². The van der Waals surface area contributed by atoms with Crippen molar-refractivity contribution >= 4 is 17.6 Å². The Hall–Kier alpha value is -3.95. The van der Waals surface area contributed by atoms with Crippen LogP contribution in [0.3, 0.4) is 0 Å². The Bertz CT molecular complexity index is 1230. The number of amides is 2. The average Bonchev–Trinajstić information content (AvgIpc) is 3.06. The lowest BCUT2D eigenvalue weighted by Gasteiger charge is -2.10. The predicted molar refractivity (Wildman–Crippen MR) is 114 cm³/mol. The second-order valence-electron chi connectivity index (χ2n) is 7.41. The minimum atomic E-state index is -4.53. The van der Waals surface area contributed by atoms with E-state index in [1.54, 1.807) is 24.3 Å². The summed E-state index contributed by atoms with van der Waals surface area (Å²) in [7, 11) is 0. The normalized spacial score (nSPS) is 11.3. The van der Waals surface area contributed by atoms with Crippen molar-refractivity contribution in [2.75, 3.05) is 6.54 Å². The number of benzene rings is 2. The average molecular weight is 458 g/mol. The van der Waals surface area contributed by atoms with E-state index in [9.17, 15) is 27.6 Å². The van der Waals surface area contributed by atoms with Gasteiger partial charge in [0.1, 0.15) is 0 Å². The Morgan fingerprint density at radius 1 is 1.06 bits per heavy atom. The number of nitrogens with two attached hydrogens (primary N) is 1. The van der Waals surface area contributed by atoms with Crippen LogP contribution in [0.1, 0.15) is 43.2 Å². The number of aryl methyl sites for hydroxylation is 1. The van der Waals surface area contributed by atoms with Gasteiger partial charge in [0, 0.05) is 12.1 Å². The Morgan fingerprint density at radius 3 is 2.42 bits per heavy atom. The SMILES string of the molecule is Cc1nn(-c2cccc(C(F)(F)F)c2)c(C)c1C(=O)C(=O)NCCc1cccc(C(N)=O)c1. The van der Waals surface area contributed by atoms with E-state index >= 15 is 0 Å². The zero-order valence-corrected chi connectivity index (χ0v) is 17.9. The van der Waals surface area contributed by atoms with Gasteiger partial charge in [0.2, 0.25) is 5.91 Å². The molecule has 0 saturated heterocycles. The predicted octanol–water partition coefficient (Wildman–Crippen LogP) is 3.15. The third-order valence-electron chi connectivity index (χ3n) is 5.05. The van der Waals surface area contributed by atoms with Crippen molar-refractivity contribution < 1.29 is 27.6 Å². The summed E-state index contributed by atoms with van der Waals surface area (Å²) in [4.78, 5) is 36.4. The van der Waals surface area contributed by atoms with Crippen LogP contribution < -0.4 is 11.1 Å². The van der Waals surface area contributed by atoms with Gasteiger partial charge in [-0.1, -0.05) is 18.2 Å². The van der Waals surface area contributed by atoms with Crippen LogP contribution in [0.4, 0.5) is 13.2 Å². The molecule has 3 N–H and O–H groups in total. The van der Waals surface area contributed by atoms with E-state index in [4.69, 9.17) is 5.73 Å². The zero-order chi connectivity index (χ0) is 24.3. The van der Waals surface area contributed by atoms with Crippen molar-refractivity contribution in [2.45, 2.75) is 26.4 Å². The summed E-state index contributed by atoms with van der Waals surface area (Å²) in [5.41, 5.74) is 6.11. The number of aromatic nitrogens is 2. The Balaban J connectivity index is 1.74. The van der Waals surface area contributed by atoms with Crippen molar-refractivity contribution in [3.8, 4) is 5.69 Å². The highest BCUT2D eigenvalue weighted by Crippen LogP contribution is 2.31. The van der Waals surface area contributed by atoms with Crippen molar-refractivity contribution in [3.05, 3.63) is 82.2 Å². The van der Waals surface area contributed by atoms with Crippen LogP contribution in [0, 0.1) is 13.8 Å². The zero-order valence-electron chi connectivity index (χ0n) is 17.9. The number of halogens is 3. The molecule has 0 aliphatic rings. The van der Waals surface area contributed by atoms with E-state index in [1.165, 1.54) is 30.7 Å². The van der Waals surface area contributed by atoms with Crippen molar-refractivity contribution in [1.82, 2.24) is 15.1 Å². The van der Waals surface area contributed by atoms with E-state index in [0.29, 0.717) is 12.0 Å². The van der Waals surface area contributed by atoms with Crippen molar-refractivity contribution in [2.24, 2.45) is 5.73 Å². The first-order chi connectivity index (χ1) is 15.5. The first kappa shape index (κ1) is 23.7. The number of carbonyl (C=O) groups excluding carboxylic acids is 3. The van der Waals surface area contributed by atoms with Gasteiger partial charge in [0.05, 0.1) is 28.2 Å². The molecule has 0 unspecified atom stereocenters. The topological polar surface area (TPSA) is 107 Å². The Kier molecular flexibility index (Phi) is 6.66. The molecule has 0 aliphatic heterocycles. The van der Waals surface area contributed by atoms with E-state index < -0.39 is 29.3 Å². The summed E-state index contributed by atoms with van der Waals surface area (Å²) in [5, 5.41) is 6.69. The number of carbonyl (C=O) groups is 3. The van der Waals surface area contributed by atoms with Crippen molar-refractivity contribution in [3.63, 3.8) is 0 Å². The fourth-order valence-electron chi connectivity index (χ4n) is 3.43. The second-order valence-corrected chi connectivity index (χ2v) is 7.41. The molecule has 0 aliphatic carbocycles. The molecular formula is C23H21F3N4O3. The quantitative estimate of drug-likeness (QED) is 0.419. The van der Waals surface area contributed by atoms with Gasteiger partial charge in [0.25, 0.3) is 11.7 Å². The minimum absolute atomic E-state index is 0.0284. The molecule has 0 spiro atoms. The lowest BCUT2D eigenvalue weighted by atomic mass is 10.1. The fraction of sp³-hybridized carbons (Fsp3) is 0.217. The number of rotatable bonds is 7. The Morgan fingerprint density at radius 2 is 1.76 bits per heavy atom. The molecule has 2 aromatic carbocycles. The molecule has 0 bridgehead atoms. The number of Topliss-reactive ketones (excluding diaryl/α,β-unsaturated/α-hetero) is 1. The number of nitrogens with zero attached hydrogens (tertiary/aromatic N) is 2. The summed E-state index contributed by atoms with van der Waals surface area (Å²) in [5.74, 6) is -2.27. The van der Waals surface area contributed by atoms with Crippen LogP contribution in [-0.2, 0) is 17.4 Å². The van der Waals surface area contributed by atoms with Gasteiger partial charge in [-0.15, -0.1) is 0 Å². The monoisotopic (exact) mass is 458 g/mol. The molecule has 0 saturated carbocycles. The van der Waals surface area contributed by atoms with Crippen LogP contribution in [0.5, 0.6) is 0 Å². The van der Waals surface area contributed by atoms with E-state index in [2.05, 4.69) is 10.4 Å². The van der Waals surface area contributed by atoms with Crippen LogP contribution in [0.2, 0.25) is 0 Å². The van der Waals surface area contributed by atoms with Gasteiger partial charge < -0.3 is 11.1 Å². The van der Waals surface area contributed by atoms with E-state index in [0.717, 1.165) is 17.7 Å². The first-order valence-corrected chi connectivity index (χ1v) is 9.94. The number of nitrogens with one attached hydrogen (secondary N) is 1. The minimum Gasteiger partial charge on any atom is -0.366 e. The second kappa shape index (κ2) is 9.27. The summed E-state index contributed by atoms with van der Waals surface area (Å²) in [6, 6.07) is 11.1. The highest BCUT2D eigenvalue weighted by atomic mass is 19.4. The molecule has 10 heteroatoms. The molecule has 3 rings (SSSR count). The summed E-state index contributed by atoms with van der Waals surface area (Å²) in [6.45, 7) is 3.15. The summed E-state index contributed by atoms with van der Waals surface area (Å²) < 4.78 is 40.3. The fourth-order valence-corrected chi connectivity index (χ4v) is 3.43. The molecule has 1 aromatic heterocycles. The molecule has 0 fully saturated rings. The third kappa shape index (κ3) is 5.28. The molecule has 2 amide bonds. The highest BCUT2D eigenvalue weighted by Gasteiger charge is 2.31. The lowest BCUT2D eigenvalue weighted by Crippen LogP contribution is -2.33. The third-order valence-corrected chi connectivity index (χ3v) is 5.05. The largest absolute Gasteiger partial charge is 0.416 e. The highest BCUT2D eigenvalue weighted by molar-refractivity contribution is 6.43. The number of ketones is 1. The maximum atomic E-state index is 13.0. The standard InChI is InChI=1S/C23H21F3N4O3/c1-13-19(14(2)30(29-13)18-8-4-7-17(12-18)23(24,25)26)20(31)22(33)28-10-9-15-5-3-6-16(11-15)21(27)32/h3-8,11-12H,9-10H2,1-2H3,(H2,27,32)(H,28,33).